The molecule has 1 aromatic heterocycles. The Hall–Kier alpha value is -2.06. The normalized spacial score (nSPS) is 15.0. The minimum absolute atomic E-state index is 0.118. The molecule has 0 bridgehead atoms. The molecule has 1 amide bonds. The quantitative estimate of drug-likeness (QED) is 0.627. The molecule has 7 nitrogen and oxygen atoms in total. The van der Waals surface area contributed by atoms with Gasteiger partial charge in [0.2, 0.25) is 5.91 Å². The second-order valence-electron chi connectivity index (χ2n) is 7.08. The zero-order valence-electron chi connectivity index (χ0n) is 16.8. The Balaban J connectivity index is 1.42. The summed E-state index contributed by atoms with van der Waals surface area (Å²) in [6.45, 7) is 11.0. The van der Waals surface area contributed by atoms with E-state index in [2.05, 4.69) is 28.1 Å². The van der Waals surface area contributed by atoms with Gasteiger partial charge in [0.15, 0.2) is 6.61 Å². The maximum Gasteiger partial charge on any atom is 0.277 e. The molecule has 1 aliphatic rings. The molecule has 1 aromatic carbocycles. The van der Waals surface area contributed by atoms with Gasteiger partial charge in [-0.1, -0.05) is 24.8 Å². The first-order valence-corrected chi connectivity index (χ1v) is 10.7. The third kappa shape index (κ3) is 5.97. The number of rotatable bonds is 8. The van der Waals surface area contributed by atoms with Crippen LogP contribution in [0.15, 0.2) is 27.8 Å². The van der Waals surface area contributed by atoms with Crippen LogP contribution in [0, 0.1) is 13.8 Å². The average Bonchev–Trinajstić information content (AvgIpc) is 3.12. The van der Waals surface area contributed by atoms with Crippen LogP contribution in [0.1, 0.15) is 30.4 Å². The average molecular weight is 405 g/mol. The van der Waals surface area contributed by atoms with E-state index in [1.807, 2.05) is 30.9 Å². The Morgan fingerprint density at radius 3 is 2.54 bits per heavy atom. The van der Waals surface area contributed by atoms with E-state index in [0.29, 0.717) is 16.9 Å². The predicted molar refractivity (Wildman–Crippen MR) is 109 cm³/mol. The van der Waals surface area contributed by atoms with Crippen LogP contribution in [0.25, 0.3) is 0 Å². The molecule has 2 aromatic rings. The van der Waals surface area contributed by atoms with Gasteiger partial charge in [-0.05, 0) is 50.1 Å². The van der Waals surface area contributed by atoms with Gasteiger partial charge in [-0.3, -0.25) is 9.69 Å². The van der Waals surface area contributed by atoms with Crippen LogP contribution in [-0.2, 0) is 11.4 Å². The van der Waals surface area contributed by atoms with Crippen LogP contribution >= 0.6 is 11.8 Å². The summed E-state index contributed by atoms with van der Waals surface area (Å²) in [7, 11) is 0. The topological polar surface area (TPSA) is 71.7 Å². The Bertz CT molecular complexity index is 767. The lowest BCUT2D eigenvalue weighted by Crippen LogP contribution is -2.49. The van der Waals surface area contributed by atoms with Crippen LogP contribution in [0.4, 0.5) is 0 Å². The molecule has 0 radical (unpaired) electrons. The lowest BCUT2D eigenvalue weighted by atomic mass is 10.1. The van der Waals surface area contributed by atoms with Gasteiger partial charge < -0.3 is 14.1 Å². The van der Waals surface area contributed by atoms with Crippen LogP contribution < -0.4 is 4.74 Å². The number of carbonyl (C=O) groups is 1. The van der Waals surface area contributed by atoms with Crippen molar-refractivity contribution in [2.24, 2.45) is 0 Å². The largest absolute Gasteiger partial charge is 0.484 e. The number of hydrogen-bond donors (Lipinski definition) is 0. The molecule has 0 saturated carbocycles. The van der Waals surface area contributed by atoms with E-state index < -0.39 is 0 Å². The second kappa shape index (κ2) is 9.93. The molecule has 0 atom stereocenters. The van der Waals surface area contributed by atoms with Gasteiger partial charge in [0.25, 0.3) is 11.1 Å². The third-order valence-electron chi connectivity index (χ3n) is 4.59. The first kappa shape index (κ1) is 20.7. The molecule has 2 heterocycles. The van der Waals surface area contributed by atoms with Gasteiger partial charge in [0, 0.05) is 26.2 Å². The zero-order valence-corrected chi connectivity index (χ0v) is 17.6. The second-order valence-corrected chi connectivity index (χ2v) is 8.01. The Labute approximate surface area is 170 Å². The number of hydrogen-bond acceptors (Lipinski definition) is 7. The fraction of sp³-hybridized carbons (Fsp3) is 0.550. The van der Waals surface area contributed by atoms with E-state index in [0.717, 1.165) is 56.0 Å². The Kier molecular flexibility index (Phi) is 7.33. The minimum Gasteiger partial charge on any atom is -0.484 e. The van der Waals surface area contributed by atoms with E-state index in [1.54, 1.807) is 0 Å². The highest BCUT2D eigenvalue weighted by atomic mass is 32.2. The van der Waals surface area contributed by atoms with E-state index >= 15 is 0 Å². The van der Waals surface area contributed by atoms with Crippen molar-refractivity contribution in [1.82, 2.24) is 20.0 Å². The van der Waals surface area contributed by atoms with Crippen molar-refractivity contribution in [3.63, 3.8) is 0 Å². The Morgan fingerprint density at radius 1 is 1.14 bits per heavy atom. The van der Waals surface area contributed by atoms with Gasteiger partial charge in [-0.15, -0.1) is 10.2 Å². The third-order valence-corrected chi connectivity index (χ3v) is 5.39. The molecule has 0 spiro atoms. The fourth-order valence-electron chi connectivity index (χ4n) is 3.27. The smallest absolute Gasteiger partial charge is 0.277 e. The van der Waals surface area contributed by atoms with Crippen molar-refractivity contribution >= 4 is 17.7 Å². The van der Waals surface area contributed by atoms with Gasteiger partial charge in [-0.2, -0.15) is 0 Å². The molecular weight excluding hydrogens is 376 g/mol. The predicted octanol–water partition coefficient (Wildman–Crippen LogP) is 2.91. The molecule has 152 valence electrons. The number of amides is 1. The summed E-state index contributed by atoms with van der Waals surface area (Å²) in [6.07, 6.45) is 1.15. The zero-order chi connectivity index (χ0) is 19.9. The monoisotopic (exact) mass is 404 g/mol. The van der Waals surface area contributed by atoms with Crippen LogP contribution in [0.5, 0.6) is 5.75 Å². The SMILES string of the molecule is CCCN1CCN(C(=O)CSc2nnc(COc3cc(C)cc(C)c3)o2)CC1. The number of piperazine rings is 1. The molecule has 3 rings (SSSR count). The van der Waals surface area contributed by atoms with E-state index in [9.17, 15) is 4.79 Å². The molecule has 28 heavy (non-hydrogen) atoms. The van der Waals surface area contributed by atoms with Crippen LogP contribution in [0.3, 0.4) is 0 Å². The molecule has 8 heteroatoms. The molecule has 0 N–H and O–H groups in total. The molecular formula is C20H28N4O3S. The maximum absolute atomic E-state index is 12.4. The van der Waals surface area contributed by atoms with Gasteiger partial charge >= 0.3 is 0 Å². The standard InChI is InChI=1S/C20H28N4O3S/c1-4-5-23-6-8-24(9-7-23)19(25)14-28-20-22-21-18(27-20)13-26-17-11-15(2)10-16(3)12-17/h10-12H,4-9,13-14H2,1-3H3. The van der Waals surface area contributed by atoms with Crippen molar-refractivity contribution in [1.29, 1.82) is 0 Å². The summed E-state index contributed by atoms with van der Waals surface area (Å²) in [5.74, 6) is 1.62. The molecule has 0 unspecified atom stereocenters. The molecule has 0 aliphatic carbocycles. The number of benzene rings is 1. The highest BCUT2D eigenvalue weighted by Crippen LogP contribution is 2.20. The van der Waals surface area contributed by atoms with Crippen molar-refractivity contribution < 1.29 is 13.9 Å². The summed E-state index contributed by atoms with van der Waals surface area (Å²) in [5.41, 5.74) is 2.29. The van der Waals surface area contributed by atoms with E-state index in [1.165, 1.54) is 11.8 Å². The summed E-state index contributed by atoms with van der Waals surface area (Å²) in [4.78, 5) is 16.7. The van der Waals surface area contributed by atoms with Crippen molar-refractivity contribution in [2.45, 2.75) is 39.0 Å². The number of ether oxygens (including phenoxy) is 1. The number of nitrogens with zero attached hydrogens (tertiary/aromatic N) is 4. The first-order chi connectivity index (χ1) is 13.5. The molecule has 1 aliphatic heterocycles. The number of aryl methyl sites for hydroxylation is 2. The van der Waals surface area contributed by atoms with Crippen LogP contribution in [-0.4, -0.2) is 64.4 Å². The van der Waals surface area contributed by atoms with Gasteiger partial charge in [-0.25, -0.2) is 0 Å². The number of aromatic nitrogens is 2. The highest BCUT2D eigenvalue weighted by Gasteiger charge is 2.21. The summed E-state index contributed by atoms with van der Waals surface area (Å²) in [6, 6.07) is 6.03. The fourth-order valence-corrected chi connectivity index (χ4v) is 3.95. The Morgan fingerprint density at radius 2 is 1.86 bits per heavy atom. The minimum atomic E-state index is 0.118. The van der Waals surface area contributed by atoms with Crippen LogP contribution in [0.2, 0.25) is 0 Å². The summed E-state index contributed by atoms with van der Waals surface area (Å²) in [5, 5.41) is 8.41. The van der Waals surface area contributed by atoms with Gasteiger partial charge in [0.05, 0.1) is 5.75 Å². The van der Waals surface area contributed by atoms with Crippen molar-refractivity contribution in [3.8, 4) is 5.75 Å². The first-order valence-electron chi connectivity index (χ1n) is 9.70. The molecule has 1 fully saturated rings. The number of carbonyl (C=O) groups excluding carboxylic acids is 1. The summed E-state index contributed by atoms with van der Waals surface area (Å²) >= 11 is 1.28. The lowest BCUT2D eigenvalue weighted by Gasteiger charge is -2.34. The lowest BCUT2D eigenvalue weighted by molar-refractivity contribution is -0.130. The molecule has 1 saturated heterocycles. The maximum atomic E-state index is 12.4. The van der Waals surface area contributed by atoms with E-state index in [4.69, 9.17) is 9.15 Å². The van der Waals surface area contributed by atoms with E-state index in [-0.39, 0.29) is 12.5 Å². The van der Waals surface area contributed by atoms with Gasteiger partial charge in [0.1, 0.15) is 5.75 Å². The van der Waals surface area contributed by atoms with Crippen molar-refractivity contribution in [3.05, 3.63) is 35.2 Å². The highest BCUT2D eigenvalue weighted by molar-refractivity contribution is 7.99. The van der Waals surface area contributed by atoms with Crippen molar-refractivity contribution in [2.75, 3.05) is 38.5 Å². The summed E-state index contributed by atoms with van der Waals surface area (Å²) < 4.78 is 11.3. The number of thioether (sulfide) groups is 1.